The summed E-state index contributed by atoms with van der Waals surface area (Å²) in [6.07, 6.45) is 6.20. The van der Waals surface area contributed by atoms with Gasteiger partial charge in [-0.2, -0.15) is 0 Å². The molecule has 1 fully saturated rings. The van der Waals surface area contributed by atoms with E-state index in [2.05, 4.69) is 32.9 Å². The highest BCUT2D eigenvalue weighted by Crippen LogP contribution is 2.25. The van der Waals surface area contributed by atoms with Crippen molar-refractivity contribution in [2.24, 2.45) is 5.92 Å². The molecule has 2 amide bonds. The lowest BCUT2D eigenvalue weighted by molar-refractivity contribution is -0.138. The summed E-state index contributed by atoms with van der Waals surface area (Å²) in [5.74, 6) is -0.988. The number of urea groups is 1. The molecule has 2 rings (SSSR count). The normalized spacial score (nSPS) is 17.3. The molecule has 1 atom stereocenters. The number of halogens is 2. The number of rotatable bonds is 9. The summed E-state index contributed by atoms with van der Waals surface area (Å²) in [5.41, 5.74) is 3.30. The first-order valence-corrected chi connectivity index (χ1v) is 10.9. The summed E-state index contributed by atoms with van der Waals surface area (Å²) in [5, 5.41) is 10.3. The molecule has 30 heavy (non-hydrogen) atoms. The van der Waals surface area contributed by atoms with Gasteiger partial charge >= 0.3 is 12.0 Å². The number of benzene rings is 1. The zero-order chi connectivity index (χ0) is 22.3. The molecule has 7 heteroatoms. The van der Waals surface area contributed by atoms with Gasteiger partial charge in [0.1, 0.15) is 0 Å². The van der Waals surface area contributed by atoms with Crippen LogP contribution in [0.4, 0.5) is 4.79 Å². The minimum atomic E-state index is -0.854. The number of hydrogen-bond donors (Lipinski definition) is 1. The van der Waals surface area contributed by atoms with Gasteiger partial charge in [-0.1, -0.05) is 52.6 Å². The van der Waals surface area contributed by atoms with Crippen LogP contribution in [0.3, 0.4) is 0 Å². The number of hydrogen-bond acceptors (Lipinski definition) is 2. The molecule has 5 nitrogen and oxygen atoms in total. The van der Waals surface area contributed by atoms with Crippen LogP contribution in [0.5, 0.6) is 0 Å². The van der Waals surface area contributed by atoms with Gasteiger partial charge in [0, 0.05) is 42.1 Å². The molecule has 1 saturated heterocycles. The molecule has 1 aromatic rings. The molecule has 1 aromatic carbocycles. The largest absolute Gasteiger partial charge is 0.481 e. The van der Waals surface area contributed by atoms with Gasteiger partial charge in [-0.25, -0.2) is 4.79 Å². The monoisotopic (exact) mass is 452 g/mol. The van der Waals surface area contributed by atoms with Crippen LogP contribution in [0.25, 0.3) is 0 Å². The van der Waals surface area contributed by atoms with Crippen molar-refractivity contribution < 1.29 is 14.7 Å². The van der Waals surface area contributed by atoms with E-state index in [0.29, 0.717) is 36.2 Å². The fourth-order valence-electron chi connectivity index (χ4n) is 3.51. The van der Waals surface area contributed by atoms with Gasteiger partial charge in [-0.3, -0.25) is 4.79 Å². The molecular formula is C23H30Cl2N2O3. The van der Waals surface area contributed by atoms with Gasteiger partial charge < -0.3 is 14.9 Å². The number of carbonyl (C=O) groups is 2. The van der Waals surface area contributed by atoms with Crippen LogP contribution in [0, 0.1) is 5.92 Å². The van der Waals surface area contributed by atoms with E-state index in [9.17, 15) is 14.7 Å². The number of carbonyl (C=O) groups excluding carboxylic acids is 1. The molecule has 1 unspecified atom stereocenters. The molecule has 164 valence electrons. The zero-order valence-corrected chi connectivity index (χ0v) is 19.3. The molecular weight excluding hydrogens is 423 g/mol. The Labute approximate surface area is 188 Å². The quantitative estimate of drug-likeness (QED) is 0.466. The van der Waals surface area contributed by atoms with E-state index >= 15 is 0 Å². The number of nitrogens with zero attached hydrogens (tertiary/aromatic N) is 2. The minimum absolute atomic E-state index is 0.0257. The van der Waals surface area contributed by atoms with Crippen molar-refractivity contribution in [2.45, 2.75) is 46.6 Å². The first kappa shape index (κ1) is 24.3. The molecule has 1 aliphatic rings. The Bertz CT molecular complexity index is 832. The summed E-state index contributed by atoms with van der Waals surface area (Å²) >= 11 is 12.3. The fourth-order valence-corrected chi connectivity index (χ4v) is 3.98. The van der Waals surface area contributed by atoms with Crippen molar-refractivity contribution in [1.82, 2.24) is 9.80 Å². The third kappa shape index (κ3) is 7.69. The van der Waals surface area contributed by atoms with Gasteiger partial charge in [-0.15, -0.1) is 0 Å². The zero-order valence-electron chi connectivity index (χ0n) is 17.8. The second-order valence-corrected chi connectivity index (χ2v) is 8.98. The Morgan fingerprint density at radius 1 is 1.17 bits per heavy atom. The SMILES string of the molecule is CC(C)=CCC/C(C)=C/CN1CC(CC(=O)O)CN(Cc2ccc(Cl)cc2Cl)C1=O. The van der Waals surface area contributed by atoms with E-state index in [1.165, 1.54) is 11.1 Å². The van der Waals surface area contributed by atoms with Crippen LogP contribution in [0.1, 0.15) is 45.6 Å². The van der Waals surface area contributed by atoms with E-state index in [-0.39, 0.29) is 18.4 Å². The van der Waals surface area contributed by atoms with Crippen LogP contribution in [0.2, 0.25) is 10.0 Å². The lowest BCUT2D eigenvalue weighted by Gasteiger charge is -2.39. The van der Waals surface area contributed by atoms with Gasteiger partial charge in [0.25, 0.3) is 0 Å². The molecule has 0 bridgehead atoms. The van der Waals surface area contributed by atoms with E-state index < -0.39 is 5.97 Å². The Balaban J connectivity index is 2.11. The molecule has 0 saturated carbocycles. The van der Waals surface area contributed by atoms with Crippen LogP contribution < -0.4 is 0 Å². The maximum absolute atomic E-state index is 13.1. The lowest BCUT2D eigenvalue weighted by Crippen LogP contribution is -2.53. The van der Waals surface area contributed by atoms with Crippen molar-refractivity contribution in [3.63, 3.8) is 0 Å². The highest BCUT2D eigenvalue weighted by Gasteiger charge is 2.32. The van der Waals surface area contributed by atoms with E-state index in [1.807, 2.05) is 0 Å². The Morgan fingerprint density at radius 3 is 2.50 bits per heavy atom. The number of amides is 2. The highest BCUT2D eigenvalue weighted by molar-refractivity contribution is 6.35. The summed E-state index contributed by atoms with van der Waals surface area (Å²) in [7, 11) is 0. The van der Waals surface area contributed by atoms with Crippen LogP contribution in [0.15, 0.2) is 41.5 Å². The predicted octanol–water partition coefficient (Wildman–Crippen LogP) is 6.01. The second-order valence-electron chi connectivity index (χ2n) is 8.14. The molecule has 0 aromatic heterocycles. The maximum atomic E-state index is 13.1. The Kier molecular flexibility index (Phi) is 9.25. The van der Waals surface area contributed by atoms with Crippen LogP contribution >= 0.6 is 23.2 Å². The molecule has 0 spiro atoms. The van der Waals surface area contributed by atoms with Gasteiger partial charge in [-0.05, 0) is 51.3 Å². The third-order valence-corrected chi connectivity index (χ3v) is 5.68. The van der Waals surface area contributed by atoms with Gasteiger partial charge in [0.2, 0.25) is 0 Å². The average Bonchev–Trinajstić information content (AvgIpc) is 2.64. The fraction of sp³-hybridized carbons (Fsp3) is 0.478. The van der Waals surface area contributed by atoms with Crippen molar-refractivity contribution >= 4 is 35.2 Å². The first-order chi connectivity index (χ1) is 14.2. The second kappa shape index (κ2) is 11.4. The number of aliphatic carboxylic acids is 1. The van der Waals surface area contributed by atoms with Gasteiger partial charge in [0.15, 0.2) is 0 Å². The number of allylic oxidation sites excluding steroid dienone is 3. The van der Waals surface area contributed by atoms with E-state index in [0.717, 1.165) is 18.4 Å². The summed E-state index contributed by atoms with van der Waals surface area (Å²) in [6.45, 7) is 7.85. The van der Waals surface area contributed by atoms with Crippen molar-refractivity contribution in [3.8, 4) is 0 Å². The van der Waals surface area contributed by atoms with Crippen molar-refractivity contribution in [2.75, 3.05) is 19.6 Å². The standard InChI is InChI=1S/C23H30Cl2N2O3/c1-16(2)5-4-6-17(3)9-10-26-13-18(11-22(28)29)14-27(23(26)30)15-19-7-8-20(24)12-21(19)25/h5,7-9,12,18H,4,6,10-11,13-15H2,1-3H3,(H,28,29)/b17-9+. The smallest absolute Gasteiger partial charge is 0.320 e. The average molecular weight is 453 g/mol. The van der Waals surface area contributed by atoms with Crippen molar-refractivity contribution in [3.05, 3.63) is 57.1 Å². The van der Waals surface area contributed by atoms with E-state index in [1.54, 1.807) is 28.0 Å². The summed E-state index contributed by atoms with van der Waals surface area (Å²) < 4.78 is 0. The number of carboxylic acid groups (broad SMARTS) is 1. The van der Waals surface area contributed by atoms with Crippen molar-refractivity contribution in [1.29, 1.82) is 0 Å². The van der Waals surface area contributed by atoms with Crippen LogP contribution in [-0.4, -0.2) is 46.5 Å². The van der Waals surface area contributed by atoms with E-state index in [4.69, 9.17) is 23.2 Å². The summed E-state index contributed by atoms with van der Waals surface area (Å²) in [4.78, 5) is 27.7. The Morgan fingerprint density at radius 2 is 1.87 bits per heavy atom. The molecule has 1 aliphatic heterocycles. The highest BCUT2D eigenvalue weighted by atomic mass is 35.5. The number of carboxylic acids is 1. The molecule has 1 heterocycles. The topological polar surface area (TPSA) is 60.9 Å². The third-order valence-electron chi connectivity index (χ3n) is 5.09. The van der Waals surface area contributed by atoms with Crippen LogP contribution in [-0.2, 0) is 11.3 Å². The Hall–Kier alpha value is -1.98. The predicted molar refractivity (Wildman–Crippen MR) is 122 cm³/mol. The maximum Gasteiger partial charge on any atom is 0.320 e. The first-order valence-electron chi connectivity index (χ1n) is 10.1. The molecule has 1 N–H and O–H groups in total. The molecule has 0 aliphatic carbocycles. The minimum Gasteiger partial charge on any atom is -0.481 e. The summed E-state index contributed by atoms with van der Waals surface area (Å²) in [6, 6.07) is 5.09. The molecule has 0 radical (unpaired) electrons. The van der Waals surface area contributed by atoms with Gasteiger partial charge in [0.05, 0.1) is 6.42 Å². The lowest BCUT2D eigenvalue weighted by atomic mass is 10.0.